The largest absolute Gasteiger partial charge is 0.477 e. The standard InChI is InChI=1S/C27H28FN5O4S/c28-20-11-18-23(33(16-5-6-16)14-19(25(18)35)26(36)37)12-24(20)32-9-7-31(8-10-32)13-17(34)15-38-27-29-21-3-1-2-4-22(21)30-27/h1-4,11-12,14,16-17,34H,5-10,13,15H2,(H,29,30)(H,36,37). The van der Waals surface area contributed by atoms with Gasteiger partial charge in [0.2, 0.25) is 5.43 Å². The molecule has 3 N–H and O–H groups in total. The van der Waals surface area contributed by atoms with Crippen molar-refractivity contribution < 1.29 is 19.4 Å². The molecule has 1 aliphatic heterocycles. The van der Waals surface area contributed by atoms with Gasteiger partial charge in [-0.1, -0.05) is 23.9 Å². The Bertz CT molecular complexity index is 1540. The molecular formula is C27H28FN5O4S. The topological polar surface area (TPSA) is 115 Å². The fraction of sp³-hybridized carbons (Fsp3) is 0.370. The molecule has 198 valence electrons. The molecule has 2 aromatic heterocycles. The fourth-order valence-electron chi connectivity index (χ4n) is 5.10. The number of aromatic amines is 1. The lowest BCUT2D eigenvalue weighted by Gasteiger charge is -2.37. The van der Waals surface area contributed by atoms with E-state index in [0.29, 0.717) is 49.7 Å². The molecule has 1 unspecified atom stereocenters. The third-order valence-electron chi connectivity index (χ3n) is 7.23. The van der Waals surface area contributed by atoms with Crippen molar-refractivity contribution in [1.29, 1.82) is 0 Å². The van der Waals surface area contributed by atoms with Crippen LogP contribution in [0, 0.1) is 5.82 Å². The number of carbonyl (C=O) groups is 1. The highest BCUT2D eigenvalue weighted by Crippen LogP contribution is 2.38. The number of piperazine rings is 1. The number of imidazole rings is 1. The zero-order chi connectivity index (χ0) is 26.4. The van der Waals surface area contributed by atoms with Crippen LogP contribution in [0.5, 0.6) is 0 Å². The number of para-hydroxylation sites is 2. The van der Waals surface area contributed by atoms with Crippen molar-refractivity contribution in [3.63, 3.8) is 0 Å². The first-order chi connectivity index (χ1) is 18.4. The molecule has 0 bridgehead atoms. The summed E-state index contributed by atoms with van der Waals surface area (Å²) in [6.45, 7) is 2.99. The van der Waals surface area contributed by atoms with Gasteiger partial charge >= 0.3 is 5.97 Å². The number of β-amino-alcohol motifs (C(OH)–C–C–N with tert-alkyl or cyclic N) is 1. The molecule has 6 rings (SSSR count). The summed E-state index contributed by atoms with van der Waals surface area (Å²) in [6.07, 6.45) is 2.67. The highest BCUT2D eigenvalue weighted by atomic mass is 32.2. The number of thioether (sulfide) groups is 1. The van der Waals surface area contributed by atoms with E-state index in [9.17, 15) is 19.8 Å². The lowest BCUT2D eigenvalue weighted by Crippen LogP contribution is -2.49. The van der Waals surface area contributed by atoms with Crippen molar-refractivity contribution in [2.45, 2.75) is 30.1 Å². The fourth-order valence-corrected chi connectivity index (χ4v) is 5.90. The highest BCUT2D eigenvalue weighted by Gasteiger charge is 2.28. The smallest absolute Gasteiger partial charge is 0.341 e. The van der Waals surface area contributed by atoms with E-state index < -0.39 is 23.3 Å². The van der Waals surface area contributed by atoms with E-state index in [4.69, 9.17) is 0 Å². The first-order valence-corrected chi connectivity index (χ1v) is 13.7. The number of anilines is 1. The minimum atomic E-state index is -1.30. The van der Waals surface area contributed by atoms with Crippen LogP contribution in [0.3, 0.4) is 0 Å². The van der Waals surface area contributed by atoms with Gasteiger partial charge in [-0.2, -0.15) is 0 Å². The van der Waals surface area contributed by atoms with Gasteiger partial charge in [-0.25, -0.2) is 14.2 Å². The van der Waals surface area contributed by atoms with Gasteiger partial charge in [0.05, 0.1) is 28.3 Å². The van der Waals surface area contributed by atoms with Crippen molar-refractivity contribution in [2.24, 2.45) is 0 Å². The molecule has 9 nitrogen and oxygen atoms in total. The molecule has 0 amide bonds. The van der Waals surface area contributed by atoms with E-state index in [1.807, 2.05) is 33.7 Å². The Kier molecular flexibility index (Phi) is 6.58. The zero-order valence-electron chi connectivity index (χ0n) is 20.6. The number of carboxylic acid groups (broad SMARTS) is 1. The van der Waals surface area contributed by atoms with E-state index in [0.717, 1.165) is 29.0 Å². The number of halogens is 1. The van der Waals surface area contributed by atoms with Crippen LogP contribution in [0.1, 0.15) is 29.2 Å². The van der Waals surface area contributed by atoms with Crippen molar-refractivity contribution >= 4 is 45.4 Å². The molecule has 11 heteroatoms. The third kappa shape index (κ3) is 4.89. The van der Waals surface area contributed by atoms with Crippen LogP contribution in [0.2, 0.25) is 0 Å². The van der Waals surface area contributed by atoms with E-state index in [1.54, 1.807) is 6.07 Å². The number of nitrogens with zero attached hydrogens (tertiary/aromatic N) is 4. The van der Waals surface area contributed by atoms with Crippen LogP contribution in [0.15, 0.2) is 52.5 Å². The number of rotatable bonds is 8. The highest BCUT2D eigenvalue weighted by molar-refractivity contribution is 7.99. The van der Waals surface area contributed by atoms with Gasteiger partial charge in [-0.15, -0.1) is 0 Å². The minimum absolute atomic E-state index is 0.0989. The summed E-state index contributed by atoms with van der Waals surface area (Å²) in [4.78, 5) is 36.2. The minimum Gasteiger partial charge on any atom is -0.477 e. The summed E-state index contributed by atoms with van der Waals surface area (Å²) in [5.74, 6) is -1.32. The van der Waals surface area contributed by atoms with Gasteiger partial charge in [-0.3, -0.25) is 9.69 Å². The second kappa shape index (κ2) is 10.0. The molecule has 2 aliphatic rings. The number of H-pyrrole nitrogens is 1. The Morgan fingerprint density at radius 2 is 1.95 bits per heavy atom. The summed E-state index contributed by atoms with van der Waals surface area (Å²) in [6, 6.07) is 10.8. The maximum absolute atomic E-state index is 15.2. The molecule has 1 aliphatic carbocycles. The predicted molar refractivity (Wildman–Crippen MR) is 145 cm³/mol. The number of nitrogens with one attached hydrogen (secondary N) is 1. The number of aromatic carboxylic acids is 1. The molecule has 0 radical (unpaired) electrons. The van der Waals surface area contributed by atoms with Gasteiger partial charge in [0.1, 0.15) is 11.4 Å². The Labute approximate surface area is 221 Å². The third-order valence-corrected chi connectivity index (χ3v) is 8.25. The Balaban J connectivity index is 1.11. The van der Waals surface area contributed by atoms with Crippen LogP contribution < -0.4 is 10.3 Å². The van der Waals surface area contributed by atoms with E-state index in [1.165, 1.54) is 24.0 Å². The number of pyridine rings is 1. The Morgan fingerprint density at radius 1 is 1.18 bits per heavy atom. The Hall–Kier alpha value is -3.41. The van der Waals surface area contributed by atoms with Crippen molar-refractivity contribution in [3.05, 3.63) is 64.2 Å². The average Bonchev–Trinajstić information content (AvgIpc) is 3.66. The second-order valence-electron chi connectivity index (χ2n) is 9.95. The Morgan fingerprint density at radius 3 is 2.66 bits per heavy atom. The summed E-state index contributed by atoms with van der Waals surface area (Å²) < 4.78 is 17.0. The molecule has 2 aromatic carbocycles. The molecule has 38 heavy (non-hydrogen) atoms. The first kappa shape index (κ1) is 24.9. The molecule has 1 atom stereocenters. The van der Waals surface area contributed by atoms with Crippen molar-refractivity contribution in [2.75, 3.05) is 43.4 Å². The van der Waals surface area contributed by atoms with Gasteiger partial charge in [0.25, 0.3) is 0 Å². The molecule has 4 aromatic rings. The lowest BCUT2D eigenvalue weighted by molar-refractivity contribution is 0.0694. The molecule has 1 saturated carbocycles. The van der Waals surface area contributed by atoms with E-state index >= 15 is 4.39 Å². The maximum Gasteiger partial charge on any atom is 0.341 e. The monoisotopic (exact) mass is 537 g/mol. The van der Waals surface area contributed by atoms with Crippen molar-refractivity contribution in [3.8, 4) is 0 Å². The van der Waals surface area contributed by atoms with E-state index in [2.05, 4.69) is 14.9 Å². The summed E-state index contributed by atoms with van der Waals surface area (Å²) in [5, 5.41) is 20.9. The first-order valence-electron chi connectivity index (χ1n) is 12.7. The number of aliphatic hydroxyl groups excluding tert-OH is 1. The quantitative estimate of drug-likeness (QED) is 0.293. The van der Waals surface area contributed by atoms with Crippen LogP contribution in [0.25, 0.3) is 21.9 Å². The van der Waals surface area contributed by atoms with Gasteiger partial charge < -0.3 is 24.7 Å². The molecular weight excluding hydrogens is 509 g/mol. The second-order valence-corrected chi connectivity index (χ2v) is 11.0. The number of aliphatic hydroxyl groups is 1. The zero-order valence-corrected chi connectivity index (χ0v) is 21.5. The molecule has 3 heterocycles. The number of benzene rings is 2. The molecule has 2 fully saturated rings. The summed E-state index contributed by atoms with van der Waals surface area (Å²) in [5.41, 5.74) is 1.86. The van der Waals surface area contributed by atoms with Crippen LogP contribution in [-0.4, -0.2) is 80.2 Å². The van der Waals surface area contributed by atoms with Crippen LogP contribution >= 0.6 is 11.8 Å². The van der Waals surface area contributed by atoms with E-state index in [-0.39, 0.29) is 17.0 Å². The van der Waals surface area contributed by atoms with Crippen molar-refractivity contribution in [1.82, 2.24) is 19.4 Å². The summed E-state index contributed by atoms with van der Waals surface area (Å²) in [7, 11) is 0. The molecule has 1 saturated heterocycles. The van der Waals surface area contributed by atoms with Crippen LogP contribution in [-0.2, 0) is 0 Å². The van der Waals surface area contributed by atoms with Crippen LogP contribution in [0.4, 0.5) is 10.1 Å². The number of hydrogen-bond donors (Lipinski definition) is 3. The molecule has 0 spiro atoms. The number of carboxylic acids is 1. The number of fused-ring (bicyclic) bond motifs is 2. The summed E-state index contributed by atoms with van der Waals surface area (Å²) >= 11 is 1.49. The van der Waals surface area contributed by atoms with Gasteiger partial charge in [-0.05, 0) is 37.1 Å². The normalized spacial score (nSPS) is 17.4. The lowest BCUT2D eigenvalue weighted by atomic mass is 10.1. The number of hydrogen-bond acceptors (Lipinski definition) is 7. The SMILES string of the molecule is O=C(O)c1cn(C2CC2)c2cc(N3CCN(CC(O)CSc4nc5ccccc5[nH]4)CC3)c(F)cc2c1=O. The maximum atomic E-state index is 15.2. The average molecular weight is 538 g/mol. The van der Waals surface area contributed by atoms with Gasteiger partial charge in [0.15, 0.2) is 5.16 Å². The van der Waals surface area contributed by atoms with Gasteiger partial charge in [0, 0.05) is 56.1 Å². The number of aromatic nitrogens is 3. The predicted octanol–water partition coefficient (Wildman–Crippen LogP) is 3.33.